The molecule has 2 aromatic rings. The van der Waals surface area contributed by atoms with Gasteiger partial charge in [-0.05, 0) is 67.1 Å². The maximum absolute atomic E-state index is 12.2. The van der Waals surface area contributed by atoms with E-state index in [0.29, 0.717) is 27.2 Å². The third kappa shape index (κ3) is 5.19. The van der Waals surface area contributed by atoms with Gasteiger partial charge in [-0.25, -0.2) is 0 Å². The second kappa shape index (κ2) is 8.84. The molecule has 0 heterocycles. The Morgan fingerprint density at radius 1 is 1.20 bits per heavy atom. The van der Waals surface area contributed by atoms with Crippen molar-refractivity contribution in [1.82, 2.24) is 0 Å². The average molecular weight is 453 g/mol. The number of carbonyl (C=O) groups is 2. The number of anilines is 1. The molecule has 0 aliphatic heterocycles. The van der Waals surface area contributed by atoms with Crippen LogP contribution in [0.15, 0.2) is 30.3 Å². The standard InChI is InChI=1S/C19H20INO4/c1-4-24-17-9-14(10-22)8-15(20)19(17)25-11-18(23)21-16-6-5-12(2)7-13(16)3/h5-10H,4,11H2,1-3H3,(H,21,23). The normalized spacial score (nSPS) is 10.2. The van der Waals surface area contributed by atoms with Crippen molar-refractivity contribution < 1.29 is 19.1 Å². The maximum Gasteiger partial charge on any atom is 0.262 e. The molecule has 1 N–H and O–H groups in total. The molecular formula is C19H20INO4. The first-order valence-electron chi connectivity index (χ1n) is 7.86. The second-order valence-corrected chi connectivity index (χ2v) is 6.70. The van der Waals surface area contributed by atoms with E-state index in [1.54, 1.807) is 12.1 Å². The smallest absolute Gasteiger partial charge is 0.262 e. The van der Waals surface area contributed by atoms with Gasteiger partial charge in [-0.2, -0.15) is 0 Å². The van der Waals surface area contributed by atoms with Gasteiger partial charge in [0.1, 0.15) is 6.29 Å². The minimum absolute atomic E-state index is 0.149. The van der Waals surface area contributed by atoms with Crippen LogP contribution in [0.25, 0.3) is 0 Å². The number of rotatable bonds is 7. The molecule has 2 rings (SSSR count). The Balaban J connectivity index is 2.09. The van der Waals surface area contributed by atoms with Crippen LogP contribution in [-0.2, 0) is 4.79 Å². The van der Waals surface area contributed by atoms with Crippen molar-refractivity contribution in [3.05, 3.63) is 50.6 Å². The van der Waals surface area contributed by atoms with Crippen molar-refractivity contribution >= 4 is 40.5 Å². The molecule has 1 amide bonds. The molecule has 0 radical (unpaired) electrons. The number of benzene rings is 2. The van der Waals surface area contributed by atoms with Crippen molar-refractivity contribution in [3.63, 3.8) is 0 Å². The number of nitrogens with one attached hydrogen (secondary N) is 1. The molecule has 0 saturated heterocycles. The van der Waals surface area contributed by atoms with E-state index < -0.39 is 0 Å². The van der Waals surface area contributed by atoms with Crippen molar-refractivity contribution in [2.45, 2.75) is 20.8 Å². The fourth-order valence-corrected chi connectivity index (χ4v) is 3.12. The summed E-state index contributed by atoms with van der Waals surface area (Å²) in [5, 5.41) is 2.84. The van der Waals surface area contributed by atoms with E-state index in [2.05, 4.69) is 27.9 Å². The van der Waals surface area contributed by atoms with Crippen LogP contribution >= 0.6 is 22.6 Å². The summed E-state index contributed by atoms with van der Waals surface area (Å²) in [6, 6.07) is 9.11. The lowest BCUT2D eigenvalue weighted by Gasteiger charge is -2.15. The van der Waals surface area contributed by atoms with Crippen LogP contribution in [0, 0.1) is 17.4 Å². The van der Waals surface area contributed by atoms with Crippen molar-refractivity contribution in [2.24, 2.45) is 0 Å². The molecule has 0 aliphatic rings. The Hall–Kier alpha value is -2.09. The zero-order chi connectivity index (χ0) is 18.4. The number of aryl methyl sites for hydroxylation is 2. The number of hydrogen-bond donors (Lipinski definition) is 1. The van der Waals surface area contributed by atoms with Gasteiger partial charge in [0.25, 0.3) is 5.91 Å². The summed E-state index contributed by atoms with van der Waals surface area (Å²) < 4.78 is 11.9. The minimum Gasteiger partial charge on any atom is -0.490 e. The van der Waals surface area contributed by atoms with Crippen molar-refractivity contribution in [1.29, 1.82) is 0 Å². The first-order chi connectivity index (χ1) is 11.9. The monoisotopic (exact) mass is 453 g/mol. The zero-order valence-corrected chi connectivity index (χ0v) is 16.5. The van der Waals surface area contributed by atoms with Crippen LogP contribution in [0.5, 0.6) is 11.5 Å². The van der Waals surface area contributed by atoms with E-state index in [-0.39, 0.29) is 12.5 Å². The summed E-state index contributed by atoms with van der Waals surface area (Å²) in [5.41, 5.74) is 3.39. The molecule has 0 bridgehead atoms. The lowest BCUT2D eigenvalue weighted by atomic mass is 10.1. The Morgan fingerprint density at radius 3 is 2.60 bits per heavy atom. The molecule has 132 valence electrons. The van der Waals surface area contributed by atoms with Crippen LogP contribution in [-0.4, -0.2) is 25.4 Å². The zero-order valence-electron chi connectivity index (χ0n) is 14.4. The van der Waals surface area contributed by atoms with Crippen molar-refractivity contribution in [3.8, 4) is 11.5 Å². The Labute approximate surface area is 160 Å². The number of amides is 1. The quantitative estimate of drug-likeness (QED) is 0.506. The van der Waals surface area contributed by atoms with Gasteiger partial charge in [0.05, 0.1) is 10.2 Å². The van der Waals surface area contributed by atoms with Gasteiger partial charge in [-0.15, -0.1) is 0 Å². The maximum atomic E-state index is 12.2. The minimum atomic E-state index is -0.260. The summed E-state index contributed by atoms with van der Waals surface area (Å²) in [4.78, 5) is 23.2. The highest BCUT2D eigenvalue weighted by atomic mass is 127. The molecule has 0 atom stereocenters. The highest BCUT2D eigenvalue weighted by molar-refractivity contribution is 14.1. The second-order valence-electron chi connectivity index (χ2n) is 5.54. The molecule has 0 aromatic heterocycles. The molecule has 0 spiro atoms. The van der Waals surface area contributed by atoms with Crippen LogP contribution < -0.4 is 14.8 Å². The molecular weight excluding hydrogens is 433 g/mol. The summed E-state index contributed by atoms with van der Waals surface area (Å²) in [6.45, 7) is 6.07. The average Bonchev–Trinajstić information content (AvgIpc) is 2.56. The van der Waals surface area contributed by atoms with Gasteiger partial charge in [0, 0.05) is 11.3 Å². The number of carbonyl (C=O) groups excluding carboxylic acids is 2. The van der Waals surface area contributed by atoms with Crippen LogP contribution in [0.2, 0.25) is 0 Å². The summed E-state index contributed by atoms with van der Waals surface area (Å²) in [6.07, 6.45) is 0.751. The van der Waals surface area contributed by atoms with E-state index in [4.69, 9.17) is 9.47 Å². The van der Waals surface area contributed by atoms with Crippen LogP contribution in [0.4, 0.5) is 5.69 Å². The molecule has 6 heteroatoms. The van der Waals surface area contributed by atoms with Crippen LogP contribution in [0.3, 0.4) is 0 Å². The van der Waals surface area contributed by atoms with Gasteiger partial charge < -0.3 is 14.8 Å². The molecule has 0 unspecified atom stereocenters. The van der Waals surface area contributed by atoms with E-state index in [9.17, 15) is 9.59 Å². The summed E-state index contributed by atoms with van der Waals surface area (Å²) in [5.74, 6) is 0.657. The summed E-state index contributed by atoms with van der Waals surface area (Å²) >= 11 is 2.06. The number of halogens is 1. The summed E-state index contributed by atoms with van der Waals surface area (Å²) in [7, 11) is 0. The Kier molecular flexibility index (Phi) is 6.81. The van der Waals surface area contributed by atoms with Gasteiger partial charge in [-0.1, -0.05) is 17.7 Å². The Morgan fingerprint density at radius 2 is 1.96 bits per heavy atom. The highest BCUT2D eigenvalue weighted by Crippen LogP contribution is 2.34. The largest absolute Gasteiger partial charge is 0.490 e. The molecule has 0 fully saturated rings. The van der Waals surface area contributed by atoms with E-state index in [1.807, 2.05) is 39.0 Å². The SMILES string of the molecule is CCOc1cc(C=O)cc(I)c1OCC(=O)Nc1ccc(C)cc1C. The molecule has 5 nitrogen and oxygen atoms in total. The van der Waals surface area contributed by atoms with Crippen LogP contribution in [0.1, 0.15) is 28.4 Å². The third-order valence-corrected chi connectivity index (χ3v) is 4.27. The molecule has 25 heavy (non-hydrogen) atoms. The van der Waals surface area contributed by atoms with E-state index in [1.165, 1.54) is 0 Å². The van der Waals surface area contributed by atoms with Gasteiger partial charge in [-0.3, -0.25) is 9.59 Å². The van der Waals surface area contributed by atoms with Gasteiger partial charge >= 0.3 is 0 Å². The van der Waals surface area contributed by atoms with Gasteiger partial charge in [0.15, 0.2) is 18.1 Å². The first-order valence-corrected chi connectivity index (χ1v) is 8.94. The highest BCUT2D eigenvalue weighted by Gasteiger charge is 2.14. The van der Waals surface area contributed by atoms with Gasteiger partial charge in [0.2, 0.25) is 0 Å². The first kappa shape index (κ1) is 19.2. The lowest BCUT2D eigenvalue weighted by molar-refractivity contribution is -0.118. The number of hydrogen-bond acceptors (Lipinski definition) is 4. The number of ether oxygens (including phenoxy) is 2. The third-order valence-electron chi connectivity index (χ3n) is 3.47. The van der Waals surface area contributed by atoms with E-state index in [0.717, 1.165) is 23.1 Å². The molecule has 2 aromatic carbocycles. The lowest BCUT2D eigenvalue weighted by Crippen LogP contribution is -2.21. The fourth-order valence-electron chi connectivity index (χ4n) is 2.34. The topological polar surface area (TPSA) is 64.6 Å². The Bertz CT molecular complexity index is 789. The van der Waals surface area contributed by atoms with Crippen molar-refractivity contribution in [2.75, 3.05) is 18.5 Å². The predicted octanol–water partition coefficient (Wildman–Crippen LogP) is 4.14. The predicted molar refractivity (Wildman–Crippen MR) is 106 cm³/mol. The van der Waals surface area contributed by atoms with E-state index >= 15 is 0 Å². The molecule has 0 saturated carbocycles. The number of aldehydes is 1. The molecule has 0 aliphatic carbocycles. The fraction of sp³-hybridized carbons (Fsp3) is 0.263.